The number of hydrogen-bond acceptors (Lipinski definition) is 40. The summed E-state index contributed by atoms with van der Waals surface area (Å²) in [6.07, 6.45) is 16.8. The van der Waals surface area contributed by atoms with Gasteiger partial charge in [0.15, 0.2) is 54.9 Å². The molecular formula is C103H103F4N29O7S6. The van der Waals surface area contributed by atoms with Crippen LogP contribution in [0.4, 0.5) is 91.7 Å². The maximum absolute atomic E-state index is 13.5. The van der Waals surface area contributed by atoms with E-state index in [4.69, 9.17) is 26.7 Å². The van der Waals surface area contributed by atoms with Gasteiger partial charge in [-0.2, -0.15) is 0 Å². The van der Waals surface area contributed by atoms with Gasteiger partial charge in [0.25, 0.3) is 11.8 Å². The molecule has 36 nitrogen and oxygen atoms in total. The van der Waals surface area contributed by atoms with Crippen LogP contribution in [0.2, 0.25) is 0 Å². The van der Waals surface area contributed by atoms with E-state index in [0.717, 1.165) is 200 Å². The van der Waals surface area contributed by atoms with Gasteiger partial charge in [-0.1, -0.05) is 118 Å². The molecule has 46 heteroatoms. The summed E-state index contributed by atoms with van der Waals surface area (Å²) in [4.78, 5) is 134. The number of anilines is 13. The number of aliphatic hydroxyl groups is 2. The number of nitrogens with zero attached hydrogens (tertiary/aromatic N) is 24. The van der Waals surface area contributed by atoms with Gasteiger partial charge in [-0.25, -0.2) is 107 Å². The van der Waals surface area contributed by atoms with Crippen molar-refractivity contribution in [1.29, 1.82) is 0 Å². The van der Waals surface area contributed by atoms with E-state index >= 15 is 0 Å². The quantitative estimate of drug-likeness (QED) is 0.0218. The number of aromatic nitrogens is 18. The minimum atomic E-state index is -1.02. The lowest BCUT2D eigenvalue weighted by Crippen LogP contribution is -2.25. The zero-order valence-electron chi connectivity index (χ0n) is 81.7. The standard InChI is InChI=1S/C21H26N6OS.C20H24N6O2S.C19H17FN4O2S.C16H15FN4OS.C14H11FN4OS.C13H10FN5S/c1-13(2)8-10-23-19(28)21-26-17-18(24-12-25-20(17)29-21)27-11-14(7-9-22)15-5-3-4-6-16(15)27;1-28-10-4-9-22-18(27)20-25-16-17(23-12-24-19(16)29-20)26-11-13(7-8-21)14-5-2-3-6-15(14)26;20-13-1-2-14-11(7-13)3-5-24(14)18-17-19(22-10-21-18)27-16(23-17)8-15(25)12-4-6-26-9-12;1-16(2,22)15-20-12-13(18-8-19-14(12)23-15)21-6-5-9-7-10(17)3-4-11(9)21;15-9-1-2-10-8(5-9)3-4-19(10)13-12-14(17-7-16-13)21-11(6-20)18-12;14-8-1-2-9-7(5-8)3-4-19(9)11-10-12(17-6-16-11)20-13(15)18-10/h3-6,12-14H,7-11,22H2,1-2H3,(H,23,28);2-3,5-6,12-13H,4,7-11,21H2,1H3,(H,22,27);1-2,7,10,12H,3-6,8-9H2;3-4,7-8,22H,5-6H2,1-2H3;1-2,5,7,20H,3-4,6H2;1-2,5-6H,3-4H2,(H2,15,18). The lowest BCUT2D eigenvalue weighted by molar-refractivity contribution is -0.122. The first kappa shape index (κ1) is 102. The molecule has 25 rings (SSSR count). The lowest BCUT2D eigenvalue weighted by Gasteiger charge is -2.18. The number of fused-ring (bicyclic) bond motifs is 12. The van der Waals surface area contributed by atoms with Gasteiger partial charge in [0.05, 0.1) is 19.6 Å². The van der Waals surface area contributed by atoms with Crippen molar-refractivity contribution in [2.75, 3.05) is 128 Å². The molecule has 766 valence electrons. The van der Waals surface area contributed by atoms with E-state index in [-0.39, 0.29) is 53.4 Å². The Morgan fingerprint density at radius 3 is 1.25 bits per heavy atom. The highest BCUT2D eigenvalue weighted by Crippen LogP contribution is 2.49. The predicted octanol–water partition coefficient (Wildman–Crippen LogP) is 17.0. The van der Waals surface area contributed by atoms with Crippen molar-refractivity contribution in [3.63, 3.8) is 0 Å². The van der Waals surface area contributed by atoms with Crippen molar-refractivity contribution in [2.24, 2.45) is 23.3 Å². The van der Waals surface area contributed by atoms with E-state index in [1.165, 1.54) is 135 Å². The normalized spacial score (nSPS) is 15.7. The number of thiazole rings is 6. The van der Waals surface area contributed by atoms with E-state index in [1.54, 1.807) is 75.8 Å². The van der Waals surface area contributed by atoms with E-state index in [9.17, 15) is 42.2 Å². The van der Waals surface area contributed by atoms with Gasteiger partial charge in [-0.3, -0.25) is 14.4 Å². The number of carbonyl (C=O) groups is 3. The molecule has 0 spiro atoms. The van der Waals surface area contributed by atoms with Gasteiger partial charge in [-0.15, -0.1) is 0 Å². The Bertz CT molecular complexity index is 7980. The molecule has 7 aliphatic heterocycles. The van der Waals surface area contributed by atoms with Crippen LogP contribution in [0, 0.1) is 35.1 Å². The molecule has 3 unspecified atom stereocenters. The SMILES string of the molecule is CC(C)(O)c1nc2c(N3CCc4cc(F)ccc43)ncnc2s1.CC(C)CCNC(=O)c1nc2c(N3CC(CCN)c4ccccc43)ncnc2s1.COCCCNC(=O)c1nc2c(N3CC(CCN)c4ccccc43)ncnc2s1.Nc1nc2c(N3CCc4cc(F)ccc43)ncnc2s1.O=C(Cc1nc2c(N3CCc4cc(F)ccc43)ncnc2s1)C1CCOC1.OCc1nc2c(N3CCc4cc(F)ccc43)ncnc2s1. The fraction of sp³-hybridized carbons (Fsp3) is 0.330. The zero-order valence-corrected chi connectivity index (χ0v) is 86.6. The summed E-state index contributed by atoms with van der Waals surface area (Å²) in [6.45, 7) is 16.3. The van der Waals surface area contributed by atoms with Crippen molar-refractivity contribution >= 4 is 222 Å². The number of methoxy groups -OCH3 is 1. The summed E-state index contributed by atoms with van der Waals surface area (Å²) < 4.78 is 63.8. The molecule has 10 N–H and O–H groups in total. The van der Waals surface area contributed by atoms with Crippen LogP contribution in [-0.2, 0) is 58.6 Å². The summed E-state index contributed by atoms with van der Waals surface area (Å²) in [5, 5.41) is 28.5. The first-order valence-electron chi connectivity index (χ1n) is 48.7. The van der Waals surface area contributed by atoms with E-state index in [0.29, 0.717) is 151 Å². The van der Waals surface area contributed by atoms with Crippen LogP contribution >= 0.6 is 68.0 Å². The van der Waals surface area contributed by atoms with Crippen LogP contribution in [0.15, 0.2) is 159 Å². The number of benzene rings is 6. The van der Waals surface area contributed by atoms with Gasteiger partial charge in [0.1, 0.15) is 145 Å². The number of amides is 2. The van der Waals surface area contributed by atoms with Crippen molar-refractivity contribution in [1.82, 2.24) is 100 Å². The maximum atomic E-state index is 13.5. The Hall–Kier alpha value is -14.2. The van der Waals surface area contributed by atoms with Crippen molar-refractivity contribution in [3.05, 3.63) is 241 Å². The smallest absolute Gasteiger partial charge is 0.280 e. The number of ketones is 1. The third-order valence-electron chi connectivity index (χ3n) is 26.2. The predicted molar refractivity (Wildman–Crippen MR) is 573 cm³/mol. The molecule has 12 aromatic heterocycles. The highest BCUT2D eigenvalue weighted by Gasteiger charge is 2.38. The molecule has 1 saturated heterocycles. The van der Waals surface area contributed by atoms with Crippen LogP contribution in [0.25, 0.3) is 62.1 Å². The number of aliphatic hydroxyl groups excluding tert-OH is 1. The summed E-state index contributed by atoms with van der Waals surface area (Å²) in [5.41, 5.74) is 33.0. The van der Waals surface area contributed by atoms with Crippen LogP contribution < -0.4 is 57.2 Å². The van der Waals surface area contributed by atoms with Crippen molar-refractivity contribution < 1.29 is 51.6 Å². The van der Waals surface area contributed by atoms with Crippen LogP contribution in [0.3, 0.4) is 0 Å². The lowest BCUT2D eigenvalue weighted by atomic mass is 9.98. The largest absolute Gasteiger partial charge is 0.389 e. The summed E-state index contributed by atoms with van der Waals surface area (Å²) in [6, 6.07) is 35.9. The number of hydrogen-bond donors (Lipinski definition) is 7. The third-order valence-corrected chi connectivity index (χ3v) is 32.1. The van der Waals surface area contributed by atoms with E-state index in [1.807, 2.05) is 26.8 Å². The Morgan fingerprint density at radius 2 is 0.846 bits per heavy atom. The number of ether oxygens (including phenoxy) is 2. The van der Waals surface area contributed by atoms with Crippen molar-refractivity contribution in [2.45, 2.75) is 116 Å². The van der Waals surface area contributed by atoms with Crippen LogP contribution in [-0.4, -0.2) is 210 Å². The van der Waals surface area contributed by atoms with Gasteiger partial charge >= 0.3 is 0 Å². The van der Waals surface area contributed by atoms with E-state index < -0.39 is 5.60 Å². The molecule has 0 bridgehead atoms. The number of para-hydroxylation sites is 2. The highest BCUT2D eigenvalue weighted by molar-refractivity contribution is 7.22. The number of nitrogen functional groups attached to an aromatic ring is 1. The summed E-state index contributed by atoms with van der Waals surface area (Å²) >= 11 is 8.08. The molecule has 0 radical (unpaired) electrons. The van der Waals surface area contributed by atoms with Gasteiger partial charge in [0, 0.05) is 125 Å². The number of carbonyl (C=O) groups excluding carboxylic acids is 3. The third kappa shape index (κ3) is 22.0. The van der Waals surface area contributed by atoms with Gasteiger partial charge in [0.2, 0.25) is 0 Å². The summed E-state index contributed by atoms with van der Waals surface area (Å²) in [7, 11) is 1.64. The molecule has 18 aromatic rings. The number of halogens is 4. The molecule has 7 aliphatic rings. The molecule has 0 saturated carbocycles. The first-order valence-corrected chi connectivity index (χ1v) is 53.6. The topological polar surface area (TPSA) is 464 Å². The Balaban J connectivity index is 0.000000109. The fourth-order valence-electron chi connectivity index (χ4n) is 19.1. The number of rotatable bonds is 24. The Morgan fingerprint density at radius 1 is 0.470 bits per heavy atom. The summed E-state index contributed by atoms with van der Waals surface area (Å²) in [5.74, 6) is 4.50. The molecule has 19 heterocycles. The molecule has 3 atom stereocenters. The van der Waals surface area contributed by atoms with Crippen LogP contribution in [0.5, 0.6) is 0 Å². The average molecular weight is 2130 g/mol. The molecule has 6 aromatic carbocycles. The number of nitrogens with two attached hydrogens (primary N) is 3. The molecule has 0 aliphatic carbocycles. The minimum Gasteiger partial charge on any atom is -0.389 e. The number of nitrogens with one attached hydrogen (secondary N) is 2. The molecule has 2 amide bonds. The highest BCUT2D eigenvalue weighted by atomic mass is 32.1. The maximum Gasteiger partial charge on any atom is 0.280 e. The molecular weight excluding hydrogens is 2020 g/mol. The fourth-order valence-corrected chi connectivity index (χ4v) is 24.0. The number of Topliss-reactive ketones (excluding diaryl/α,β-unsaturated/α-hetero) is 1. The molecule has 149 heavy (non-hydrogen) atoms. The Kier molecular flexibility index (Phi) is 30.9. The Labute approximate surface area is 875 Å². The second-order valence-corrected chi connectivity index (χ2v) is 43.0. The van der Waals surface area contributed by atoms with Gasteiger partial charge in [-0.05, 0) is 209 Å². The van der Waals surface area contributed by atoms with Crippen molar-refractivity contribution in [3.8, 4) is 0 Å². The average Bonchev–Trinajstić information content (AvgIpc) is 1.61. The van der Waals surface area contributed by atoms with Crippen LogP contribution in [0.1, 0.15) is 140 Å². The zero-order chi connectivity index (χ0) is 103. The molecule has 1 fully saturated rings. The monoisotopic (exact) mass is 2130 g/mol. The second-order valence-electron chi connectivity index (χ2n) is 37.0. The van der Waals surface area contributed by atoms with E-state index in [2.05, 4.69) is 165 Å². The first-order chi connectivity index (χ1) is 72.4. The van der Waals surface area contributed by atoms with Gasteiger partial charge < -0.3 is 76.9 Å². The minimum absolute atomic E-state index is 0.0251. The second kappa shape index (κ2) is 45.1.